The van der Waals surface area contributed by atoms with Crippen LogP contribution in [0.3, 0.4) is 0 Å². The molecule has 138 valence electrons. The molecule has 1 atom stereocenters. The summed E-state index contributed by atoms with van der Waals surface area (Å²) in [7, 11) is 0. The molecule has 0 radical (unpaired) electrons. The van der Waals surface area contributed by atoms with Crippen LogP contribution in [0.25, 0.3) is 0 Å². The summed E-state index contributed by atoms with van der Waals surface area (Å²) in [6.45, 7) is 5.35. The number of amides is 1. The number of Topliss-reactive ketones (excluding diaryl/α,β-unsaturated/α-hetero) is 1. The van der Waals surface area contributed by atoms with Crippen LogP contribution in [0.1, 0.15) is 44.9 Å². The zero-order valence-electron chi connectivity index (χ0n) is 15.2. The molecule has 1 aliphatic rings. The number of carbonyl (C=O) groups is 2. The van der Waals surface area contributed by atoms with Crippen molar-refractivity contribution in [3.8, 4) is 5.75 Å². The largest absolute Gasteiger partial charge is 0.485 e. The third-order valence-corrected chi connectivity index (χ3v) is 4.80. The second-order valence-corrected chi connectivity index (χ2v) is 6.60. The normalized spacial score (nSPS) is 16.6. The molecule has 1 fully saturated rings. The Morgan fingerprint density at radius 2 is 2.04 bits per heavy atom. The Morgan fingerprint density at radius 1 is 1.27 bits per heavy atom. The maximum Gasteiger partial charge on any atom is 0.252 e. The fourth-order valence-electron chi connectivity index (χ4n) is 3.37. The molecule has 1 aliphatic heterocycles. The van der Waals surface area contributed by atoms with E-state index in [1.165, 1.54) is 0 Å². The zero-order valence-corrected chi connectivity index (χ0v) is 15.2. The van der Waals surface area contributed by atoms with Crippen molar-refractivity contribution in [2.45, 2.75) is 39.3 Å². The second-order valence-electron chi connectivity index (χ2n) is 6.60. The van der Waals surface area contributed by atoms with Gasteiger partial charge in [0, 0.05) is 30.1 Å². The maximum atomic E-state index is 12.6. The van der Waals surface area contributed by atoms with Crippen LogP contribution in [0.15, 0.2) is 30.3 Å². The highest BCUT2D eigenvalue weighted by Crippen LogP contribution is 2.22. The van der Waals surface area contributed by atoms with Gasteiger partial charge in [-0.2, -0.15) is 0 Å². The highest BCUT2D eigenvalue weighted by molar-refractivity contribution is 5.99. The van der Waals surface area contributed by atoms with Crippen molar-refractivity contribution in [3.63, 3.8) is 0 Å². The van der Waals surface area contributed by atoms with E-state index in [4.69, 9.17) is 15.2 Å². The molecule has 0 unspecified atom stereocenters. The third kappa shape index (κ3) is 3.80. The summed E-state index contributed by atoms with van der Waals surface area (Å²) in [5.74, 6) is -0.389. The summed E-state index contributed by atoms with van der Waals surface area (Å²) in [5.41, 5.74) is 8.18. The van der Waals surface area contributed by atoms with Crippen molar-refractivity contribution < 1.29 is 19.1 Å². The fourth-order valence-corrected chi connectivity index (χ4v) is 3.37. The van der Waals surface area contributed by atoms with E-state index < -0.39 is 5.91 Å². The number of hydrogen-bond donors (Lipinski definition) is 1. The predicted molar refractivity (Wildman–Crippen MR) is 97.7 cm³/mol. The molecule has 26 heavy (non-hydrogen) atoms. The van der Waals surface area contributed by atoms with Gasteiger partial charge in [-0.25, -0.2) is 0 Å². The van der Waals surface area contributed by atoms with E-state index in [1.807, 2.05) is 19.9 Å². The van der Waals surface area contributed by atoms with Crippen molar-refractivity contribution in [1.82, 2.24) is 4.57 Å². The lowest BCUT2D eigenvalue weighted by atomic mass is 10.1. The Kier molecular flexibility index (Phi) is 5.42. The molecule has 6 nitrogen and oxygen atoms in total. The quantitative estimate of drug-likeness (QED) is 0.773. The summed E-state index contributed by atoms with van der Waals surface area (Å²) in [6.07, 6.45) is 2.34. The van der Waals surface area contributed by atoms with E-state index in [2.05, 4.69) is 4.57 Å². The number of aromatic nitrogens is 1. The van der Waals surface area contributed by atoms with Gasteiger partial charge in [0.15, 0.2) is 6.61 Å². The van der Waals surface area contributed by atoms with Gasteiger partial charge in [-0.05, 0) is 44.9 Å². The molecular weight excluding hydrogens is 332 g/mol. The standard InChI is InChI=1S/C20H24N2O4/c1-13-10-17(14(2)22(13)11-15-6-5-9-25-15)18(23)12-26-19-8-4-3-7-16(19)20(21)24/h3-4,7-8,10,15H,5-6,9,11-12H2,1-2H3,(H2,21,24)/t15-/m0/s1. The van der Waals surface area contributed by atoms with Crippen LogP contribution >= 0.6 is 0 Å². The minimum Gasteiger partial charge on any atom is -0.485 e. The molecule has 1 amide bonds. The van der Waals surface area contributed by atoms with Gasteiger partial charge in [0.2, 0.25) is 5.78 Å². The van der Waals surface area contributed by atoms with E-state index in [1.54, 1.807) is 24.3 Å². The lowest BCUT2D eigenvalue weighted by molar-refractivity contribution is 0.0907. The number of nitrogens with two attached hydrogens (primary N) is 1. The van der Waals surface area contributed by atoms with Crippen LogP contribution in [0.5, 0.6) is 5.75 Å². The molecule has 2 N–H and O–H groups in total. The molecule has 1 aromatic heterocycles. The first-order chi connectivity index (χ1) is 12.5. The minimum absolute atomic E-state index is 0.129. The summed E-state index contributed by atoms with van der Waals surface area (Å²) in [4.78, 5) is 24.1. The number of carbonyl (C=O) groups excluding carboxylic acids is 2. The van der Waals surface area contributed by atoms with Crippen molar-refractivity contribution in [3.05, 3.63) is 52.8 Å². The van der Waals surface area contributed by atoms with Gasteiger partial charge in [-0.1, -0.05) is 12.1 Å². The van der Waals surface area contributed by atoms with Gasteiger partial charge >= 0.3 is 0 Å². The van der Waals surface area contributed by atoms with Crippen LogP contribution < -0.4 is 10.5 Å². The van der Waals surface area contributed by atoms with Crippen molar-refractivity contribution in [2.75, 3.05) is 13.2 Å². The molecule has 0 aliphatic carbocycles. The topological polar surface area (TPSA) is 83.5 Å². The molecule has 0 saturated carbocycles. The van der Waals surface area contributed by atoms with Crippen molar-refractivity contribution in [2.24, 2.45) is 5.73 Å². The number of ketones is 1. The predicted octanol–water partition coefficient (Wildman–Crippen LogP) is 2.64. The monoisotopic (exact) mass is 356 g/mol. The first-order valence-electron chi connectivity index (χ1n) is 8.80. The average molecular weight is 356 g/mol. The molecule has 3 rings (SSSR count). The Labute approximate surface area is 152 Å². The van der Waals surface area contributed by atoms with Crippen LogP contribution in [-0.2, 0) is 11.3 Å². The van der Waals surface area contributed by atoms with Gasteiger partial charge in [-0.15, -0.1) is 0 Å². The number of nitrogens with zero attached hydrogens (tertiary/aromatic N) is 1. The van der Waals surface area contributed by atoms with E-state index in [9.17, 15) is 9.59 Å². The van der Waals surface area contributed by atoms with Crippen LogP contribution in [-0.4, -0.2) is 35.6 Å². The zero-order chi connectivity index (χ0) is 18.7. The number of ether oxygens (including phenoxy) is 2. The molecule has 2 aromatic rings. The number of rotatable bonds is 7. The Balaban J connectivity index is 1.71. The highest BCUT2D eigenvalue weighted by Gasteiger charge is 2.21. The van der Waals surface area contributed by atoms with Gasteiger partial charge in [0.1, 0.15) is 5.75 Å². The van der Waals surface area contributed by atoms with Gasteiger partial charge in [-0.3, -0.25) is 9.59 Å². The molecule has 2 heterocycles. The maximum absolute atomic E-state index is 12.6. The average Bonchev–Trinajstić information content (AvgIpc) is 3.23. The molecule has 1 aromatic carbocycles. The van der Waals surface area contributed by atoms with Crippen molar-refractivity contribution in [1.29, 1.82) is 0 Å². The van der Waals surface area contributed by atoms with E-state index in [0.29, 0.717) is 11.3 Å². The first-order valence-corrected chi connectivity index (χ1v) is 8.80. The lowest BCUT2D eigenvalue weighted by Gasteiger charge is -2.15. The summed E-state index contributed by atoms with van der Waals surface area (Å²) in [5, 5.41) is 0. The number of aryl methyl sites for hydroxylation is 1. The second kappa shape index (κ2) is 7.74. The SMILES string of the molecule is Cc1cc(C(=O)COc2ccccc2C(N)=O)c(C)n1C[C@@H]1CCCO1. The van der Waals surface area contributed by atoms with Crippen LogP contribution in [0.4, 0.5) is 0 Å². The van der Waals surface area contributed by atoms with E-state index >= 15 is 0 Å². The van der Waals surface area contributed by atoms with Gasteiger partial charge < -0.3 is 19.8 Å². The van der Waals surface area contributed by atoms with Gasteiger partial charge in [0.05, 0.1) is 11.7 Å². The number of hydrogen-bond acceptors (Lipinski definition) is 4. The van der Waals surface area contributed by atoms with Crippen molar-refractivity contribution >= 4 is 11.7 Å². The lowest BCUT2D eigenvalue weighted by Crippen LogP contribution is -2.18. The van der Waals surface area contributed by atoms with Gasteiger partial charge in [0.25, 0.3) is 5.91 Å². The van der Waals surface area contributed by atoms with Crippen LogP contribution in [0.2, 0.25) is 0 Å². The Morgan fingerprint density at radius 3 is 2.73 bits per heavy atom. The molecular formula is C20H24N2O4. The fraction of sp³-hybridized carbons (Fsp3) is 0.400. The van der Waals surface area contributed by atoms with E-state index in [0.717, 1.165) is 37.4 Å². The number of benzene rings is 1. The number of primary amides is 1. The Bertz CT molecular complexity index is 819. The summed E-state index contributed by atoms with van der Waals surface area (Å²) in [6, 6.07) is 8.53. The molecule has 0 bridgehead atoms. The smallest absolute Gasteiger partial charge is 0.252 e. The third-order valence-electron chi connectivity index (χ3n) is 4.80. The number of para-hydroxylation sites is 1. The molecule has 0 spiro atoms. The van der Waals surface area contributed by atoms with Crippen LogP contribution in [0, 0.1) is 13.8 Å². The minimum atomic E-state index is -0.581. The Hall–Kier alpha value is -2.60. The molecule has 1 saturated heterocycles. The molecule has 6 heteroatoms. The summed E-state index contributed by atoms with van der Waals surface area (Å²) >= 11 is 0. The highest BCUT2D eigenvalue weighted by atomic mass is 16.5. The van der Waals surface area contributed by atoms with E-state index in [-0.39, 0.29) is 24.1 Å². The summed E-state index contributed by atoms with van der Waals surface area (Å²) < 4.78 is 13.4. The first kappa shape index (κ1) is 18.2.